The van der Waals surface area contributed by atoms with Crippen molar-refractivity contribution in [1.29, 1.82) is 0 Å². The van der Waals surface area contributed by atoms with E-state index < -0.39 is 0 Å². The minimum atomic E-state index is -0.208. The van der Waals surface area contributed by atoms with E-state index in [2.05, 4.69) is 48.4 Å². The summed E-state index contributed by atoms with van der Waals surface area (Å²) in [7, 11) is 0. The van der Waals surface area contributed by atoms with Crippen LogP contribution in [0.25, 0.3) is 0 Å². The van der Waals surface area contributed by atoms with Gasteiger partial charge in [-0.05, 0) is 56.4 Å². The SMILES string of the molecule is CC1(C)C[C@](CCNC(=O)c2cc(CO)ccn2)(c2ccccc2)CCO1. The lowest BCUT2D eigenvalue weighted by molar-refractivity contribution is -0.0838. The molecule has 27 heavy (non-hydrogen) atoms. The van der Waals surface area contributed by atoms with Crippen LogP contribution in [0.4, 0.5) is 0 Å². The van der Waals surface area contributed by atoms with E-state index in [4.69, 9.17) is 4.74 Å². The standard InChI is InChI=1S/C22H28N2O3/c1-21(2)16-22(10-13-27-21,18-6-4-3-5-7-18)9-12-24-20(26)19-14-17(15-25)8-11-23-19/h3-8,11,14,25H,9-10,12-13,15-16H2,1-2H3,(H,24,26)/t22-/m1/s1. The summed E-state index contributed by atoms with van der Waals surface area (Å²) in [6, 6.07) is 13.9. The van der Waals surface area contributed by atoms with E-state index >= 15 is 0 Å². The number of carbonyl (C=O) groups is 1. The van der Waals surface area contributed by atoms with Crippen molar-refractivity contribution >= 4 is 5.91 Å². The number of benzene rings is 1. The lowest BCUT2D eigenvalue weighted by atomic mass is 9.67. The first-order chi connectivity index (χ1) is 12.9. The van der Waals surface area contributed by atoms with Crippen LogP contribution in [-0.4, -0.2) is 34.8 Å². The van der Waals surface area contributed by atoms with Crippen LogP contribution in [0.15, 0.2) is 48.7 Å². The number of aromatic nitrogens is 1. The normalized spacial score (nSPS) is 21.6. The van der Waals surface area contributed by atoms with E-state index in [1.807, 2.05) is 6.07 Å². The Labute approximate surface area is 160 Å². The van der Waals surface area contributed by atoms with Gasteiger partial charge in [-0.3, -0.25) is 9.78 Å². The predicted octanol–water partition coefficient (Wildman–Crippen LogP) is 3.22. The number of nitrogens with one attached hydrogen (secondary N) is 1. The Morgan fingerprint density at radius 2 is 2.04 bits per heavy atom. The molecule has 0 bridgehead atoms. The topological polar surface area (TPSA) is 71.5 Å². The van der Waals surface area contributed by atoms with E-state index in [1.54, 1.807) is 18.3 Å². The van der Waals surface area contributed by atoms with Crippen molar-refractivity contribution < 1.29 is 14.6 Å². The van der Waals surface area contributed by atoms with Gasteiger partial charge in [-0.15, -0.1) is 0 Å². The first-order valence-electron chi connectivity index (χ1n) is 9.48. The molecule has 5 nitrogen and oxygen atoms in total. The van der Waals surface area contributed by atoms with Gasteiger partial charge in [0.2, 0.25) is 0 Å². The van der Waals surface area contributed by atoms with Crippen LogP contribution in [0.3, 0.4) is 0 Å². The quantitative estimate of drug-likeness (QED) is 0.821. The molecule has 0 unspecified atom stereocenters. The highest BCUT2D eigenvalue weighted by Crippen LogP contribution is 2.43. The fourth-order valence-corrected chi connectivity index (χ4v) is 4.08. The van der Waals surface area contributed by atoms with E-state index in [0.717, 1.165) is 25.9 Å². The molecular formula is C22H28N2O3. The molecule has 5 heteroatoms. The second-order valence-corrected chi connectivity index (χ2v) is 7.89. The minimum absolute atomic E-state index is 0.0172. The number of amides is 1. The summed E-state index contributed by atoms with van der Waals surface area (Å²) in [6.45, 7) is 5.44. The summed E-state index contributed by atoms with van der Waals surface area (Å²) >= 11 is 0. The summed E-state index contributed by atoms with van der Waals surface area (Å²) < 4.78 is 5.94. The number of carbonyl (C=O) groups excluding carboxylic acids is 1. The largest absolute Gasteiger partial charge is 0.392 e. The van der Waals surface area contributed by atoms with Gasteiger partial charge in [0.05, 0.1) is 12.2 Å². The third kappa shape index (κ3) is 4.73. The van der Waals surface area contributed by atoms with Gasteiger partial charge in [0.25, 0.3) is 5.91 Å². The zero-order valence-electron chi connectivity index (χ0n) is 16.1. The van der Waals surface area contributed by atoms with Crippen LogP contribution in [0.1, 0.15) is 54.7 Å². The highest BCUT2D eigenvalue weighted by Gasteiger charge is 2.41. The monoisotopic (exact) mass is 368 g/mol. The smallest absolute Gasteiger partial charge is 0.269 e. The average Bonchev–Trinajstić information content (AvgIpc) is 2.68. The number of nitrogens with zero attached hydrogens (tertiary/aromatic N) is 1. The van der Waals surface area contributed by atoms with Gasteiger partial charge in [-0.25, -0.2) is 0 Å². The molecule has 2 aromatic rings. The molecule has 2 N–H and O–H groups in total. The Hall–Kier alpha value is -2.24. The van der Waals surface area contributed by atoms with Crippen LogP contribution in [-0.2, 0) is 16.8 Å². The minimum Gasteiger partial charge on any atom is -0.392 e. The van der Waals surface area contributed by atoms with E-state index in [-0.39, 0.29) is 23.5 Å². The molecule has 0 spiro atoms. The van der Waals surface area contributed by atoms with Crippen molar-refractivity contribution in [2.24, 2.45) is 0 Å². The van der Waals surface area contributed by atoms with E-state index in [0.29, 0.717) is 17.8 Å². The molecule has 0 radical (unpaired) electrons. The highest BCUT2D eigenvalue weighted by molar-refractivity contribution is 5.92. The van der Waals surface area contributed by atoms with Gasteiger partial charge in [0.15, 0.2) is 0 Å². The van der Waals surface area contributed by atoms with Crippen LogP contribution in [0, 0.1) is 0 Å². The second-order valence-electron chi connectivity index (χ2n) is 7.89. The summed E-state index contributed by atoms with van der Waals surface area (Å²) in [5, 5.41) is 12.2. The Kier molecular flexibility index (Phi) is 5.92. The van der Waals surface area contributed by atoms with Crippen LogP contribution < -0.4 is 5.32 Å². The van der Waals surface area contributed by atoms with Gasteiger partial charge in [0.1, 0.15) is 5.69 Å². The first kappa shape index (κ1) is 19.5. The second kappa shape index (κ2) is 8.19. The van der Waals surface area contributed by atoms with Crippen molar-refractivity contribution in [3.8, 4) is 0 Å². The number of rotatable bonds is 6. The summed E-state index contributed by atoms with van der Waals surface area (Å²) in [6.07, 6.45) is 4.24. The fraction of sp³-hybridized carbons (Fsp3) is 0.455. The van der Waals surface area contributed by atoms with Crippen LogP contribution in [0.2, 0.25) is 0 Å². The molecule has 0 saturated carbocycles. The molecule has 144 valence electrons. The first-order valence-corrected chi connectivity index (χ1v) is 9.48. The highest BCUT2D eigenvalue weighted by atomic mass is 16.5. The average molecular weight is 368 g/mol. The molecular weight excluding hydrogens is 340 g/mol. The number of hydrogen-bond acceptors (Lipinski definition) is 4. The zero-order chi connectivity index (χ0) is 19.3. The summed E-state index contributed by atoms with van der Waals surface area (Å²) in [4.78, 5) is 16.6. The maximum absolute atomic E-state index is 12.4. The van der Waals surface area contributed by atoms with Crippen molar-refractivity contribution in [2.45, 2.75) is 50.7 Å². The molecule has 1 aromatic heterocycles. The van der Waals surface area contributed by atoms with Gasteiger partial charge in [-0.1, -0.05) is 30.3 Å². The lowest BCUT2D eigenvalue weighted by Gasteiger charge is -2.45. The lowest BCUT2D eigenvalue weighted by Crippen LogP contribution is -2.45. The molecule has 1 aliphatic rings. The Balaban J connectivity index is 1.71. The maximum Gasteiger partial charge on any atom is 0.269 e. The van der Waals surface area contributed by atoms with Crippen molar-refractivity contribution in [3.05, 3.63) is 65.5 Å². The number of aliphatic hydroxyl groups is 1. The van der Waals surface area contributed by atoms with Crippen LogP contribution in [0.5, 0.6) is 0 Å². The predicted molar refractivity (Wildman–Crippen MR) is 104 cm³/mol. The summed E-state index contributed by atoms with van der Waals surface area (Å²) in [5.74, 6) is -0.208. The molecule has 1 saturated heterocycles. The van der Waals surface area contributed by atoms with Gasteiger partial charge in [0, 0.05) is 24.8 Å². The number of ether oxygens (including phenoxy) is 1. The Bertz CT molecular complexity index is 776. The van der Waals surface area contributed by atoms with E-state index in [9.17, 15) is 9.90 Å². The number of hydrogen-bond donors (Lipinski definition) is 2. The molecule has 1 atom stereocenters. The van der Waals surface area contributed by atoms with Gasteiger partial charge >= 0.3 is 0 Å². The molecule has 3 rings (SSSR count). The third-order valence-corrected chi connectivity index (χ3v) is 5.35. The molecule has 1 aliphatic heterocycles. The maximum atomic E-state index is 12.4. The molecule has 2 heterocycles. The molecule has 1 aromatic carbocycles. The van der Waals surface area contributed by atoms with Gasteiger partial charge in [-0.2, -0.15) is 0 Å². The van der Waals surface area contributed by atoms with Crippen molar-refractivity contribution in [3.63, 3.8) is 0 Å². The molecule has 0 aliphatic carbocycles. The Morgan fingerprint density at radius 1 is 1.26 bits per heavy atom. The van der Waals surface area contributed by atoms with Gasteiger partial charge < -0.3 is 15.2 Å². The van der Waals surface area contributed by atoms with Crippen LogP contribution >= 0.6 is 0 Å². The third-order valence-electron chi connectivity index (χ3n) is 5.35. The summed E-state index contributed by atoms with van der Waals surface area (Å²) in [5.41, 5.74) is 2.12. The zero-order valence-corrected chi connectivity index (χ0v) is 16.1. The number of pyridine rings is 1. The molecule has 1 amide bonds. The van der Waals surface area contributed by atoms with Crippen molar-refractivity contribution in [2.75, 3.05) is 13.2 Å². The Morgan fingerprint density at radius 3 is 2.74 bits per heavy atom. The van der Waals surface area contributed by atoms with E-state index in [1.165, 1.54) is 5.56 Å². The number of aliphatic hydroxyl groups excluding tert-OH is 1. The van der Waals surface area contributed by atoms with Crippen molar-refractivity contribution in [1.82, 2.24) is 10.3 Å². The molecule has 1 fully saturated rings. The fourth-order valence-electron chi connectivity index (χ4n) is 4.08.